The number of ketones is 1. The number of carboxylic acids is 1. The van der Waals surface area contributed by atoms with E-state index < -0.39 is 5.97 Å². The molecule has 0 bridgehead atoms. The second kappa shape index (κ2) is 9.98. The fourth-order valence-corrected chi connectivity index (χ4v) is 2.33. The quantitative estimate of drug-likeness (QED) is 0.639. The van der Waals surface area contributed by atoms with E-state index in [1.807, 2.05) is 18.2 Å². The largest absolute Gasteiger partial charge is 0.482 e. The summed E-state index contributed by atoms with van der Waals surface area (Å²) < 4.78 is 5.05. The molecule has 2 aromatic carbocycles. The molecule has 0 aliphatic rings. The van der Waals surface area contributed by atoms with Crippen molar-refractivity contribution in [1.29, 1.82) is 0 Å². The van der Waals surface area contributed by atoms with Crippen molar-refractivity contribution < 1.29 is 24.2 Å². The van der Waals surface area contributed by atoms with Gasteiger partial charge in [-0.15, -0.1) is 0 Å². The number of hydrogen-bond acceptors (Lipinski definition) is 4. The van der Waals surface area contributed by atoms with E-state index in [-0.39, 0.29) is 31.1 Å². The molecule has 6 heteroatoms. The normalized spacial score (nSPS) is 10.2. The summed E-state index contributed by atoms with van der Waals surface area (Å²) in [5, 5.41) is 11.3. The molecule has 0 spiro atoms. The summed E-state index contributed by atoms with van der Waals surface area (Å²) >= 11 is 0. The van der Waals surface area contributed by atoms with Gasteiger partial charge >= 0.3 is 5.97 Å². The van der Waals surface area contributed by atoms with Crippen LogP contribution in [0.15, 0.2) is 54.6 Å². The zero-order valence-corrected chi connectivity index (χ0v) is 14.3. The predicted octanol–water partition coefficient (Wildman–Crippen LogP) is 2.47. The summed E-state index contributed by atoms with van der Waals surface area (Å²) in [5.41, 5.74) is 1.61. The van der Waals surface area contributed by atoms with Crippen molar-refractivity contribution in [3.05, 3.63) is 65.7 Å². The molecule has 0 saturated carbocycles. The van der Waals surface area contributed by atoms with Gasteiger partial charge in [0, 0.05) is 24.9 Å². The fraction of sp³-hybridized carbons (Fsp3) is 0.250. The standard InChI is InChI=1S/C20H21NO5/c22-18(16-4-2-1-3-5-16)10-11-19(23)21-13-12-15-6-8-17(9-7-15)26-14-20(24)25/h1-9H,10-14H2,(H,21,23)(H,24,25). The lowest BCUT2D eigenvalue weighted by Gasteiger charge is -2.07. The number of benzene rings is 2. The average molecular weight is 355 g/mol. The van der Waals surface area contributed by atoms with Crippen LogP contribution in [-0.2, 0) is 16.0 Å². The van der Waals surface area contributed by atoms with Crippen molar-refractivity contribution in [3.63, 3.8) is 0 Å². The van der Waals surface area contributed by atoms with Gasteiger partial charge in [-0.05, 0) is 24.1 Å². The molecule has 0 aliphatic carbocycles. The lowest BCUT2D eigenvalue weighted by atomic mass is 10.1. The summed E-state index contributed by atoms with van der Waals surface area (Å²) in [6.45, 7) is 0.0881. The first-order valence-electron chi connectivity index (χ1n) is 8.33. The molecule has 0 aromatic heterocycles. The Morgan fingerprint density at radius 2 is 1.62 bits per heavy atom. The van der Waals surface area contributed by atoms with Gasteiger partial charge in [0.15, 0.2) is 12.4 Å². The van der Waals surface area contributed by atoms with Gasteiger partial charge in [0.2, 0.25) is 5.91 Å². The Morgan fingerprint density at radius 3 is 2.27 bits per heavy atom. The van der Waals surface area contributed by atoms with Crippen LogP contribution in [0.1, 0.15) is 28.8 Å². The minimum atomic E-state index is -1.03. The molecule has 0 aliphatic heterocycles. The van der Waals surface area contributed by atoms with Crippen LogP contribution in [-0.4, -0.2) is 35.9 Å². The molecule has 2 N–H and O–H groups in total. The van der Waals surface area contributed by atoms with Crippen molar-refractivity contribution >= 4 is 17.7 Å². The van der Waals surface area contributed by atoms with Crippen molar-refractivity contribution in [1.82, 2.24) is 5.32 Å². The second-order valence-electron chi connectivity index (χ2n) is 5.72. The number of carbonyl (C=O) groups excluding carboxylic acids is 2. The Balaban J connectivity index is 1.66. The highest BCUT2D eigenvalue weighted by Crippen LogP contribution is 2.12. The van der Waals surface area contributed by atoms with Crippen molar-refractivity contribution in [3.8, 4) is 5.75 Å². The van der Waals surface area contributed by atoms with Gasteiger partial charge in [0.1, 0.15) is 5.75 Å². The SMILES string of the molecule is O=C(O)COc1ccc(CCNC(=O)CCC(=O)c2ccccc2)cc1. The van der Waals surface area contributed by atoms with E-state index in [9.17, 15) is 14.4 Å². The molecule has 0 unspecified atom stereocenters. The second-order valence-corrected chi connectivity index (χ2v) is 5.72. The van der Waals surface area contributed by atoms with Crippen LogP contribution in [0.2, 0.25) is 0 Å². The highest BCUT2D eigenvalue weighted by Gasteiger charge is 2.08. The molecular weight excluding hydrogens is 334 g/mol. The fourth-order valence-electron chi connectivity index (χ4n) is 2.33. The third-order valence-corrected chi connectivity index (χ3v) is 3.70. The lowest BCUT2D eigenvalue weighted by Crippen LogP contribution is -2.26. The molecule has 6 nitrogen and oxygen atoms in total. The Morgan fingerprint density at radius 1 is 0.923 bits per heavy atom. The van der Waals surface area contributed by atoms with E-state index in [0.717, 1.165) is 5.56 Å². The van der Waals surface area contributed by atoms with E-state index >= 15 is 0 Å². The summed E-state index contributed by atoms with van der Waals surface area (Å²) in [6.07, 6.45) is 0.985. The van der Waals surface area contributed by atoms with Gasteiger partial charge < -0.3 is 15.2 Å². The van der Waals surface area contributed by atoms with Gasteiger partial charge in [-0.25, -0.2) is 4.79 Å². The third kappa shape index (κ3) is 6.76. The maximum atomic E-state index is 11.9. The van der Waals surface area contributed by atoms with Crippen LogP contribution in [0.4, 0.5) is 0 Å². The summed E-state index contributed by atoms with van der Waals surface area (Å²) in [7, 11) is 0. The Kier molecular flexibility index (Phi) is 7.36. The summed E-state index contributed by atoms with van der Waals surface area (Å²) in [6, 6.07) is 15.9. The van der Waals surface area contributed by atoms with E-state index in [4.69, 9.17) is 9.84 Å². The zero-order valence-electron chi connectivity index (χ0n) is 14.3. The molecule has 0 radical (unpaired) electrons. The average Bonchev–Trinajstić information content (AvgIpc) is 2.66. The molecular formula is C20H21NO5. The van der Waals surface area contributed by atoms with Gasteiger partial charge in [0.25, 0.3) is 0 Å². The molecule has 26 heavy (non-hydrogen) atoms. The van der Waals surface area contributed by atoms with Gasteiger partial charge in [-0.2, -0.15) is 0 Å². The zero-order chi connectivity index (χ0) is 18.8. The van der Waals surface area contributed by atoms with Gasteiger partial charge in [-0.3, -0.25) is 9.59 Å². The minimum Gasteiger partial charge on any atom is -0.482 e. The number of hydrogen-bond donors (Lipinski definition) is 2. The smallest absolute Gasteiger partial charge is 0.341 e. The molecule has 136 valence electrons. The number of amides is 1. The van der Waals surface area contributed by atoms with Crippen LogP contribution in [0.5, 0.6) is 5.75 Å². The first-order chi connectivity index (χ1) is 12.5. The number of Topliss-reactive ketones (excluding diaryl/α,β-unsaturated/α-hetero) is 1. The molecule has 2 aromatic rings. The monoisotopic (exact) mass is 355 g/mol. The van der Waals surface area contributed by atoms with Crippen LogP contribution in [0.3, 0.4) is 0 Å². The molecule has 1 amide bonds. The number of nitrogens with one attached hydrogen (secondary N) is 1. The van der Waals surface area contributed by atoms with Crippen LogP contribution >= 0.6 is 0 Å². The van der Waals surface area contributed by atoms with Crippen LogP contribution in [0.25, 0.3) is 0 Å². The van der Waals surface area contributed by atoms with E-state index in [1.54, 1.807) is 36.4 Å². The highest BCUT2D eigenvalue weighted by molar-refractivity contribution is 5.97. The first-order valence-corrected chi connectivity index (χ1v) is 8.33. The Labute approximate surface area is 151 Å². The van der Waals surface area contributed by atoms with Crippen molar-refractivity contribution in [2.24, 2.45) is 0 Å². The highest BCUT2D eigenvalue weighted by atomic mass is 16.5. The summed E-state index contributed by atoms with van der Waals surface area (Å²) in [4.78, 5) is 34.2. The number of rotatable bonds is 10. The van der Waals surface area contributed by atoms with E-state index in [1.165, 1.54) is 0 Å². The number of carboxylic acid groups (broad SMARTS) is 1. The van der Waals surface area contributed by atoms with E-state index in [0.29, 0.717) is 24.3 Å². The summed E-state index contributed by atoms with van der Waals surface area (Å²) in [5.74, 6) is -0.740. The maximum Gasteiger partial charge on any atom is 0.341 e. The molecule has 0 heterocycles. The first kappa shape index (κ1) is 19.2. The number of ether oxygens (including phenoxy) is 1. The molecule has 0 atom stereocenters. The molecule has 0 fully saturated rings. The number of carbonyl (C=O) groups is 3. The molecule has 2 rings (SSSR count). The van der Waals surface area contributed by atoms with Gasteiger partial charge in [-0.1, -0.05) is 42.5 Å². The lowest BCUT2D eigenvalue weighted by molar-refractivity contribution is -0.139. The van der Waals surface area contributed by atoms with Crippen LogP contribution < -0.4 is 10.1 Å². The Bertz CT molecular complexity index is 741. The van der Waals surface area contributed by atoms with Crippen molar-refractivity contribution in [2.75, 3.05) is 13.2 Å². The van der Waals surface area contributed by atoms with Gasteiger partial charge in [0.05, 0.1) is 0 Å². The van der Waals surface area contributed by atoms with Crippen LogP contribution in [0, 0.1) is 0 Å². The third-order valence-electron chi connectivity index (χ3n) is 3.70. The molecule has 0 saturated heterocycles. The Hall–Kier alpha value is -3.15. The maximum absolute atomic E-state index is 11.9. The number of aliphatic carboxylic acids is 1. The topological polar surface area (TPSA) is 92.7 Å². The minimum absolute atomic E-state index is 0.0438. The van der Waals surface area contributed by atoms with E-state index in [2.05, 4.69) is 5.32 Å². The predicted molar refractivity (Wildman–Crippen MR) is 96.3 cm³/mol. The van der Waals surface area contributed by atoms with Crippen molar-refractivity contribution in [2.45, 2.75) is 19.3 Å².